The first-order valence-corrected chi connectivity index (χ1v) is 15.5. The summed E-state index contributed by atoms with van der Waals surface area (Å²) in [5, 5.41) is 0. The second kappa shape index (κ2) is 11.5. The van der Waals surface area contributed by atoms with E-state index >= 15 is 0 Å². The average Bonchev–Trinajstić information content (AvgIpc) is 3.10. The number of aryl methyl sites for hydroxylation is 2. The number of pyridine rings is 2. The molecule has 0 radical (unpaired) electrons. The van der Waals surface area contributed by atoms with Crippen LogP contribution >= 0.6 is 0 Å². The minimum atomic E-state index is 0.832. The van der Waals surface area contributed by atoms with Crippen LogP contribution in [0.3, 0.4) is 0 Å². The zero-order valence-electron chi connectivity index (χ0n) is 25.7. The summed E-state index contributed by atoms with van der Waals surface area (Å²) in [5.41, 5.74) is 13.8. The molecule has 4 nitrogen and oxygen atoms in total. The highest BCUT2D eigenvalue weighted by Gasteiger charge is 2.26. The number of anilines is 3. The maximum absolute atomic E-state index is 6.33. The van der Waals surface area contributed by atoms with Gasteiger partial charge in [-0.15, -0.1) is 0 Å². The maximum atomic E-state index is 6.33. The van der Waals surface area contributed by atoms with Gasteiger partial charge in [-0.25, -0.2) is 0 Å². The first-order chi connectivity index (χ1) is 22.6. The summed E-state index contributed by atoms with van der Waals surface area (Å²) in [4.78, 5) is 11.8. The molecule has 2 aromatic heterocycles. The Balaban J connectivity index is 1.27. The van der Waals surface area contributed by atoms with Crippen molar-refractivity contribution in [2.45, 2.75) is 13.8 Å². The van der Waals surface area contributed by atoms with Crippen molar-refractivity contribution in [1.82, 2.24) is 9.97 Å². The van der Waals surface area contributed by atoms with Crippen molar-refractivity contribution < 1.29 is 4.74 Å². The average molecular weight is 594 g/mol. The molecular weight excluding hydrogens is 562 g/mol. The van der Waals surface area contributed by atoms with Gasteiger partial charge in [-0.2, -0.15) is 0 Å². The first kappa shape index (κ1) is 27.5. The summed E-state index contributed by atoms with van der Waals surface area (Å²) in [7, 11) is 0. The van der Waals surface area contributed by atoms with Crippen LogP contribution in [0, 0.1) is 13.8 Å². The van der Waals surface area contributed by atoms with E-state index < -0.39 is 0 Å². The molecule has 0 unspecified atom stereocenters. The lowest BCUT2D eigenvalue weighted by Gasteiger charge is -2.33. The second-order valence-electron chi connectivity index (χ2n) is 11.6. The molecule has 1 aliphatic rings. The van der Waals surface area contributed by atoms with Crippen LogP contribution in [-0.4, -0.2) is 9.97 Å². The van der Waals surface area contributed by atoms with Crippen LogP contribution in [-0.2, 0) is 0 Å². The van der Waals surface area contributed by atoms with Gasteiger partial charge in [0.15, 0.2) is 11.5 Å². The smallest absolute Gasteiger partial charge is 0.151 e. The van der Waals surface area contributed by atoms with Crippen LogP contribution < -0.4 is 9.64 Å². The molecule has 0 atom stereocenters. The zero-order valence-corrected chi connectivity index (χ0v) is 25.7. The van der Waals surface area contributed by atoms with Crippen molar-refractivity contribution in [1.29, 1.82) is 0 Å². The quantitative estimate of drug-likeness (QED) is 0.199. The fourth-order valence-corrected chi connectivity index (χ4v) is 6.13. The fourth-order valence-electron chi connectivity index (χ4n) is 6.13. The number of hydrogen-bond donors (Lipinski definition) is 0. The summed E-state index contributed by atoms with van der Waals surface area (Å²) < 4.78 is 6.33. The third kappa shape index (κ3) is 5.20. The lowest BCUT2D eigenvalue weighted by molar-refractivity contribution is 0.477. The number of rotatable bonds is 5. The Bertz CT molecular complexity index is 2050. The number of fused-ring (bicyclic) bond motifs is 2. The molecule has 4 heteroatoms. The van der Waals surface area contributed by atoms with Crippen LogP contribution in [0.4, 0.5) is 17.1 Å². The van der Waals surface area contributed by atoms with E-state index in [0.29, 0.717) is 0 Å². The molecule has 1 aliphatic heterocycles. The number of nitrogens with zero attached hydrogens (tertiary/aromatic N) is 3. The van der Waals surface area contributed by atoms with E-state index in [1.807, 2.05) is 50.2 Å². The van der Waals surface area contributed by atoms with Gasteiger partial charge in [0, 0.05) is 28.2 Å². The molecule has 8 rings (SSSR count). The van der Waals surface area contributed by atoms with Gasteiger partial charge in [0.25, 0.3) is 0 Å². The van der Waals surface area contributed by atoms with Crippen molar-refractivity contribution in [3.8, 4) is 56.3 Å². The number of ether oxygens (including phenoxy) is 1. The van der Waals surface area contributed by atoms with E-state index in [-0.39, 0.29) is 0 Å². The number of aromatic nitrogens is 2. The molecule has 0 aliphatic carbocycles. The Kier molecular flexibility index (Phi) is 6.88. The van der Waals surface area contributed by atoms with E-state index in [0.717, 1.165) is 84.7 Å². The van der Waals surface area contributed by atoms with Crippen molar-refractivity contribution >= 4 is 17.1 Å². The molecule has 3 heterocycles. The Hall–Kier alpha value is -6.00. The van der Waals surface area contributed by atoms with Crippen molar-refractivity contribution in [2.75, 3.05) is 4.90 Å². The minimum absolute atomic E-state index is 0.832. The topological polar surface area (TPSA) is 38.2 Å². The van der Waals surface area contributed by atoms with E-state index in [1.54, 1.807) is 0 Å². The number of para-hydroxylation sites is 4. The van der Waals surface area contributed by atoms with Crippen LogP contribution in [0.2, 0.25) is 0 Å². The summed E-state index contributed by atoms with van der Waals surface area (Å²) >= 11 is 0. The highest BCUT2D eigenvalue weighted by Crippen LogP contribution is 2.51. The summed E-state index contributed by atoms with van der Waals surface area (Å²) in [6.07, 6.45) is 0. The molecule has 0 spiro atoms. The number of hydrogen-bond acceptors (Lipinski definition) is 4. The van der Waals surface area contributed by atoms with Crippen molar-refractivity contribution in [2.24, 2.45) is 0 Å². The Morgan fingerprint density at radius 3 is 1.30 bits per heavy atom. The molecule has 0 N–H and O–H groups in total. The van der Waals surface area contributed by atoms with Gasteiger partial charge in [0.2, 0.25) is 0 Å². The van der Waals surface area contributed by atoms with Gasteiger partial charge < -0.3 is 9.64 Å². The minimum Gasteiger partial charge on any atom is -0.453 e. The Morgan fingerprint density at radius 2 is 0.848 bits per heavy atom. The Labute approximate surface area is 269 Å². The lowest BCUT2D eigenvalue weighted by Crippen LogP contribution is -2.15. The van der Waals surface area contributed by atoms with E-state index in [4.69, 9.17) is 14.7 Å². The first-order valence-electron chi connectivity index (χ1n) is 15.5. The second-order valence-corrected chi connectivity index (χ2v) is 11.6. The molecular formula is C42H31N3O. The van der Waals surface area contributed by atoms with Crippen LogP contribution in [0.25, 0.3) is 44.8 Å². The molecule has 0 amide bonds. The summed E-state index contributed by atoms with van der Waals surface area (Å²) in [6.45, 7) is 4.05. The van der Waals surface area contributed by atoms with E-state index in [2.05, 4.69) is 120 Å². The van der Waals surface area contributed by atoms with E-state index in [1.165, 1.54) is 0 Å². The fraction of sp³-hybridized carbons (Fsp3) is 0.0476. The van der Waals surface area contributed by atoms with Crippen molar-refractivity contribution in [3.63, 3.8) is 0 Å². The van der Waals surface area contributed by atoms with Gasteiger partial charge in [0.05, 0.1) is 22.8 Å². The molecule has 7 aromatic rings. The lowest BCUT2D eigenvalue weighted by atomic mass is 9.95. The van der Waals surface area contributed by atoms with Gasteiger partial charge >= 0.3 is 0 Å². The third-order valence-corrected chi connectivity index (χ3v) is 8.41. The normalized spacial score (nSPS) is 11.8. The van der Waals surface area contributed by atoms with Gasteiger partial charge in [-0.3, -0.25) is 9.97 Å². The Morgan fingerprint density at radius 1 is 0.413 bits per heavy atom. The standard InChI is InChI=1S/C42H31N3O/c1-28-9-7-11-37(43-28)32-21-17-30(18-22-32)34-25-35(31-19-23-33(24-20-31)38-12-8-10-29(2)44-38)27-36(26-34)45-39-13-3-5-15-41(39)46-42-16-6-4-14-40(42)45/h3-27H,1-2H3. The third-order valence-electron chi connectivity index (χ3n) is 8.41. The molecule has 220 valence electrons. The largest absolute Gasteiger partial charge is 0.453 e. The predicted molar refractivity (Wildman–Crippen MR) is 188 cm³/mol. The van der Waals surface area contributed by atoms with Crippen LogP contribution in [0.1, 0.15) is 11.4 Å². The van der Waals surface area contributed by atoms with Crippen LogP contribution in [0.5, 0.6) is 11.5 Å². The maximum Gasteiger partial charge on any atom is 0.151 e. The summed E-state index contributed by atoms with van der Waals surface area (Å²) in [6, 6.07) is 52.9. The number of benzene rings is 5. The molecule has 0 saturated carbocycles. The highest BCUT2D eigenvalue weighted by atomic mass is 16.5. The highest BCUT2D eigenvalue weighted by molar-refractivity contribution is 5.90. The zero-order chi connectivity index (χ0) is 31.0. The van der Waals surface area contributed by atoms with Gasteiger partial charge in [-0.05, 0) is 103 Å². The molecule has 46 heavy (non-hydrogen) atoms. The van der Waals surface area contributed by atoms with E-state index in [9.17, 15) is 0 Å². The molecule has 0 fully saturated rings. The monoisotopic (exact) mass is 593 g/mol. The SMILES string of the molecule is Cc1cccc(-c2ccc(-c3cc(-c4ccc(-c5cccc(C)n5)cc4)cc(N4c5ccccc5Oc5ccccc54)c3)cc2)n1. The summed E-state index contributed by atoms with van der Waals surface area (Å²) in [5.74, 6) is 1.66. The molecule has 0 bridgehead atoms. The molecule has 5 aromatic carbocycles. The van der Waals surface area contributed by atoms with Crippen LogP contribution in [0.15, 0.2) is 152 Å². The predicted octanol–water partition coefficient (Wildman–Crippen LogP) is 11.3. The molecule has 0 saturated heterocycles. The van der Waals surface area contributed by atoms with Gasteiger partial charge in [0.1, 0.15) is 0 Å². The van der Waals surface area contributed by atoms with Gasteiger partial charge in [-0.1, -0.05) is 84.9 Å². The van der Waals surface area contributed by atoms with Crippen molar-refractivity contribution in [3.05, 3.63) is 163 Å².